The average Bonchev–Trinajstić information content (AvgIpc) is 3.03. The molecule has 98 valence electrons. The van der Waals surface area contributed by atoms with E-state index >= 15 is 0 Å². The molecule has 3 aromatic rings. The van der Waals surface area contributed by atoms with Gasteiger partial charge in [0.15, 0.2) is 0 Å². The highest BCUT2D eigenvalue weighted by Crippen LogP contribution is 2.34. The number of hydrogen-bond acceptors (Lipinski definition) is 3. The molecule has 0 aliphatic rings. The largest absolute Gasteiger partial charge is 0.306 e. The Kier molecular flexibility index (Phi) is 3.68. The molecule has 0 saturated heterocycles. The molecule has 0 amide bonds. The van der Waals surface area contributed by atoms with Crippen LogP contribution >= 0.6 is 27.3 Å². The van der Waals surface area contributed by atoms with Crippen LogP contribution in [0.25, 0.3) is 5.52 Å². The molecule has 0 saturated carbocycles. The van der Waals surface area contributed by atoms with E-state index in [4.69, 9.17) is 0 Å². The van der Waals surface area contributed by atoms with E-state index < -0.39 is 0 Å². The van der Waals surface area contributed by atoms with Gasteiger partial charge < -0.3 is 5.32 Å². The summed E-state index contributed by atoms with van der Waals surface area (Å²) >= 11 is 5.39. The second kappa shape index (κ2) is 5.45. The van der Waals surface area contributed by atoms with E-state index in [1.165, 1.54) is 10.4 Å². The summed E-state index contributed by atoms with van der Waals surface area (Å²) in [4.78, 5) is 1.29. The molecule has 0 aliphatic heterocycles. The highest BCUT2D eigenvalue weighted by Gasteiger charge is 2.20. The summed E-state index contributed by atoms with van der Waals surface area (Å²) in [5, 5.41) is 10.1. The van der Waals surface area contributed by atoms with E-state index in [0.29, 0.717) is 0 Å². The van der Waals surface area contributed by atoms with Gasteiger partial charge in [0.1, 0.15) is 0 Å². The Morgan fingerprint density at radius 2 is 2.32 bits per heavy atom. The van der Waals surface area contributed by atoms with Crippen molar-refractivity contribution in [2.24, 2.45) is 0 Å². The Morgan fingerprint density at radius 1 is 1.42 bits per heavy atom. The lowest BCUT2D eigenvalue weighted by atomic mass is 10.1. The Hall–Kier alpha value is -1.17. The van der Waals surface area contributed by atoms with Gasteiger partial charge in [0, 0.05) is 21.1 Å². The maximum atomic E-state index is 4.43. The Labute approximate surface area is 124 Å². The fraction of sp³-hybridized carbons (Fsp3) is 0.214. The van der Waals surface area contributed by atoms with Crippen LogP contribution in [0.15, 0.2) is 46.5 Å². The second-order valence-electron chi connectivity index (χ2n) is 4.25. The lowest BCUT2D eigenvalue weighted by molar-refractivity contribution is 0.641. The van der Waals surface area contributed by atoms with Crippen LogP contribution in [0.3, 0.4) is 0 Å². The van der Waals surface area contributed by atoms with E-state index in [1.54, 1.807) is 11.3 Å². The molecule has 5 heteroatoms. The smallest absolute Gasteiger partial charge is 0.0719 e. The number of rotatable bonds is 4. The molecule has 0 fully saturated rings. The molecule has 0 aliphatic carbocycles. The lowest BCUT2D eigenvalue weighted by Gasteiger charge is -2.16. The maximum Gasteiger partial charge on any atom is 0.0719 e. The Bertz CT molecular complexity index is 689. The minimum absolute atomic E-state index is 0.180. The van der Waals surface area contributed by atoms with Crippen molar-refractivity contribution in [3.8, 4) is 0 Å². The molecule has 0 spiro atoms. The standard InChI is InChI=1S/C14H14BrN3S/c1-2-16-13(14-11(15)6-8-19-14)10-9-17-18-7-4-3-5-12(10)18/h3-9,13,16H,2H2,1H3. The summed E-state index contributed by atoms with van der Waals surface area (Å²) < 4.78 is 3.07. The highest BCUT2D eigenvalue weighted by atomic mass is 79.9. The number of pyridine rings is 1. The molecule has 0 radical (unpaired) electrons. The zero-order chi connectivity index (χ0) is 13.2. The first-order valence-electron chi connectivity index (χ1n) is 6.19. The van der Waals surface area contributed by atoms with Gasteiger partial charge in [0.2, 0.25) is 0 Å². The van der Waals surface area contributed by atoms with Crippen LogP contribution in [0.2, 0.25) is 0 Å². The summed E-state index contributed by atoms with van der Waals surface area (Å²) in [6.07, 6.45) is 3.93. The minimum Gasteiger partial charge on any atom is -0.306 e. The third kappa shape index (κ3) is 2.33. The van der Waals surface area contributed by atoms with E-state index in [9.17, 15) is 0 Å². The SMILES string of the molecule is CCNC(c1sccc1Br)c1cnn2ccccc12. The maximum absolute atomic E-state index is 4.43. The molecular weight excluding hydrogens is 322 g/mol. The van der Waals surface area contributed by atoms with Gasteiger partial charge in [-0.05, 0) is 46.1 Å². The number of thiophene rings is 1. The predicted molar refractivity (Wildman–Crippen MR) is 82.7 cm³/mol. The van der Waals surface area contributed by atoms with Crippen molar-refractivity contribution in [2.45, 2.75) is 13.0 Å². The van der Waals surface area contributed by atoms with Gasteiger partial charge in [-0.1, -0.05) is 13.0 Å². The van der Waals surface area contributed by atoms with Crippen LogP contribution in [-0.2, 0) is 0 Å². The minimum atomic E-state index is 0.180. The van der Waals surface area contributed by atoms with Crippen LogP contribution in [0, 0.1) is 0 Å². The average molecular weight is 336 g/mol. The monoisotopic (exact) mass is 335 g/mol. The topological polar surface area (TPSA) is 29.3 Å². The van der Waals surface area contributed by atoms with Gasteiger partial charge in [-0.25, -0.2) is 4.52 Å². The molecule has 1 atom stereocenters. The zero-order valence-electron chi connectivity index (χ0n) is 10.5. The van der Waals surface area contributed by atoms with E-state index in [-0.39, 0.29) is 6.04 Å². The molecule has 3 aromatic heterocycles. The van der Waals surface area contributed by atoms with Gasteiger partial charge in [0.05, 0.1) is 17.8 Å². The van der Waals surface area contributed by atoms with Crippen LogP contribution < -0.4 is 5.32 Å². The van der Waals surface area contributed by atoms with Gasteiger partial charge >= 0.3 is 0 Å². The van der Waals surface area contributed by atoms with E-state index in [1.807, 2.05) is 29.0 Å². The van der Waals surface area contributed by atoms with Crippen LogP contribution in [0.4, 0.5) is 0 Å². The zero-order valence-corrected chi connectivity index (χ0v) is 12.9. The van der Waals surface area contributed by atoms with Gasteiger partial charge in [-0.15, -0.1) is 11.3 Å². The van der Waals surface area contributed by atoms with Crippen molar-refractivity contribution in [1.82, 2.24) is 14.9 Å². The first-order valence-corrected chi connectivity index (χ1v) is 7.87. The second-order valence-corrected chi connectivity index (χ2v) is 6.06. The third-order valence-corrected chi connectivity index (χ3v) is 5.02. The molecule has 3 nitrogen and oxygen atoms in total. The molecule has 19 heavy (non-hydrogen) atoms. The van der Waals surface area contributed by atoms with Gasteiger partial charge in [-0.2, -0.15) is 5.10 Å². The Balaban J connectivity index is 2.12. The molecule has 1 N–H and O–H groups in total. The molecule has 3 rings (SSSR count). The van der Waals surface area contributed by atoms with Crippen LogP contribution in [-0.4, -0.2) is 16.2 Å². The molecular formula is C14H14BrN3S. The predicted octanol–water partition coefficient (Wildman–Crippen LogP) is 3.86. The summed E-state index contributed by atoms with van der Waals surface area (Å²) in [6.45, 7) is 3.04. The third-order valence-electron chi connectivity index (χ3n) is 3.08. The summed E-state index contributed by atoms with van der Waals surface area (Å²) in [7, 11) is 0. The first-order chi connectivity index (χ1) is 9.31. The number of aromatic nitrogens is 2. The number of nitrogens with one attached hydrogen (secondary N) is 1. The summed E-state index contributed by atoms with van der Waals surface area (Å²) in [6, 6.07) is 8.42. The van der Waals surface area contributed by atoms with Crippen molar-refractivity contribution in [3.63, 3.8) is 0 Å². The van der Waals surface area contributed by atoms with Crippen molar-refractivity contribution < 1.29 is 0 Å². The van der Waals surface area contributed by atoms with E-state index in [0.717, 1.165) is 16.5 Å². The van der Waals surface area contributed by atoms with Crippen molar-refractivity contribution in [1.29, 1.82) is 0 Å². The molecule has 0 aromatic carbocycles. The van der Waals surface area contributed by atoms with Crippen molar-refractivity contribution >= 4 is 32.8 Å². The van der Waals surface area contributed by atoms with Gasteiger partial charge in [-0.3, -0.25) is 0 Å². The normalized spacial score (nSPS) is 12.9. The van der Waals surface area contributed by atoms with Gasteiger partial charge in [0.25, 0.3) is 0 Å². The van der Waals surface area contributed by atoms with E-state index in [2.05, 4.69) is 50.8 Å². The quantitative estimate of drug-likeness (QED) is 0.784. The Morgan fingerprint density at radius 3 is 3.05 bits per heavy atom. The van der Waals surface area contributed by atoms with Crippen LogP contribution in [0.5, 0.6) is 0 Å². The van der Waals surface area contributed by atoms with Crippen LogP contribution in [0.1, 0.15) is 23.4 Å². The summed E-state index contributed by atoms with van der Waals surface area (Å²) in [5.74, 6) is 0. The first kappa shape index (κ1) is 12.8. The highest BCUT2D eigenvalue weighted by molar-refractivity contribution is 9.10. The molecule has 1 unspecified atom stereocenters. The molecule has 0 bridgehead atoms. The number of fused-ring (bicyclic) bond motifs is 1. The lowest BCUT2D eigenvalue weighted by Crippen LogP contribution is -2.21. The fourth-order valence-electron chi connectivity index (χ4n) is 2.24. The summed E-state index contributed by atoms with van der Waals surface area (Å²) in [5.41, 5.74) is 2.36. The fourth-order valence-corrected chi connectivity index (χ4v) is 3.93. The van der Waals surface area contributed by atoms with Crippen molar-refractivity contribution in [2.75, 3.05) is 6.54 Å². The van der Waals surface area contributed by atoms with Crippen molar-refractivity contribution in [3.05, 3.63) is 57.0 Å². The number of hydrogen-bond donors (Lipinski definition) is 1. The molecule has 3 heterocycles. The number of halogens is 1. The number of nitrogens with zero attached hydrogens (tertiary/aromatic N) is 2.